The van der Waals surface area contributed by atoms with E-state index in [9.17, 15) is 8.42 Å². The average molecular weight is 290 g/mol. The van der Waals surface area contributed by atoms with Gasteiger partial charge < -0.3 is 5.73 Å². The van der Waals surface area contributed by atoms with Crippen LogP contribution in [0, 0.1) is 0 Å². The second kappa shape index (κ2) is 7.76. The zero-order valence-corrected chi connectivity index (χ0v) is 12.4. The number of nitrogens with two attached hydrogens (primary N) is 1. The molecule has 3 N–H and O–H groups in total. The van der Waals surface area contributed by atoms with Crippen LogP contribution < -0.4 is 10.5 Å². The van der Waals surface area contributed by atoms with E-state index < -0.39 is 10.0 Å². The van der Waals surface area contributed by atoms with Crippen LogP contribution in [0.1, 0.15) is 45.4 Å². The van der Waals surface area contributed by atoms with E-state index in [2.05, 4.69) is 11.6 Å². The van der Waals surface area contributed by atoms with Gasteiger partial charge in [-0.2, -0.15) is 0 Å². The minimum Gasteiger partial charge on any atom is -0.398 e. The number of anilines is 1. The third-order valence-corrected chi connectivity index (χ3v) is 5.60. The van der Waals surface area contributed by atoms with Gasteiger partial charge in [-0.25, -0.2) is 13.1 Å². The highest BCUT2D eigenvalue weighted by Crippen LogP contribution is 2.21. The fraction of sp³-hybridized carbons (Fsp3) is 0.667. The van der Waals surface area contributed by atoms with E-state index in [0.717, 1.165) is 24.2 Å². The van der Waals surface area contributed by atoms with Crippen molar-refractivity contribution in [3.8, 4) is 0 Å². The van der Waals surface area contributed by atoms with Crippen molar-refractivity contribution in [2.24, 2.45) is 0 Å². The summed E-state index contributed by atoms with van der Waals surface area (Å²) in [7, 11) is -3.35. The molecule has 0 aliphatic rings. The van der Waals surface area contributed by atoms with E-state index in [4.69, 9.17) is 5.73 Å². The van der Waals surface area contributed by atoms with Crippen molar-refractivity contribution in [3.63, 3.8) is 0 Å². The van der Waals surface area contributed by atoms with E-state index in [1.807, 2.05) is 0 Å². The Labute approximate surface area is 114 Å². The zero-order valence-electron chi connectivity index (χ0n) is 10.8. The smallest absolute Gasteiger partial charge is 0.250 e. The molecular weight excluding hydrogens is 268 g/mol. The number of unbranched alkanes of at least 4 members (excludes halogenated alkanes) is 5. The normalized spacial score (nSPS) is 11.8. The van der Waals surface area contributed by atoms with Gasteiger partial charge in [0.25, 0.3) is 0 Å². The van der Waals surface area contributed by atoms with Crippen molar-refractivity contribution in [1.29, 1.82) is 0 Å². The van der Waals surface area contributed by atoms with Crippen LogP contribution in [0.5, 0.6) is 0 Å². The lowest BCUT2D eigenvalue weighted by Crippen LogP contribution is -2.23. The molecule has 0 bridgehead atoms. The Morgan fingerprint density at radius 2 is 1.89 bits per heavy atom. The van der Waals surface area contributed by atoms with Crippen molar-refractivity contribution in [1.82, 2.24) is 4.72 Å². The molecule has 0 amide bonds. The summed E-state index contributed by atoms with van der Waals surface area (Å²) in [5, 5.41) is 1.64. The molecule has 0 aliphatic heterocycles. The molecule has 0 unspecified atom stereocenters. The van der Waals surface area contributed by atoms with Gasteiger partial charge in [-0.05, 0) is 12.5 Å². The molecule has 0 aliphatic carbocycles. The summed E-state index contributed by atoms with van der Waals surface area (Å²) in [5.41, 5.74) is 6.02. The maximum absolute atomic E-state index is 11.8. The van der Waals surface area contributed by atoms with Gasteiger partial charge in [0, 0.05) is 17.6 Å². The molecule has 0 saturated heterocycles. The second-order valence-corrected chi connectivity index (χ2v) is 7.27. The largest absolute Gasteiger partial charge is 0.398 e. The van der Waals surface area contributed by atoms with Crippen molar-refractivity contribution in [3.05, 3.63) is 11.4 Å². The quantitative estimate of drug-likeness (QED) is 0.687. The van der Waals surface area contributed by atoms with Crippen LogP contribution in [0.3, 0.4) is 0 Å². The topological polar surface area (TPSA) is 72.2 Å². The van der Waals surface area contributed by atoms with Crippen LogP contribution >= 0.6 is 11.3 Å². The van der Waals surface area contributed by atoms with Crippen molar-refractivity contribution in [2.75, 3.05) is 12.3 Å². The lowest BCUT2D eigenvalue weighted by molar-refractivity contribution is 0.569. The lowest BCUT2D eigenvalue weighted by atomic mass is 10.1. The highest BCUT2D eigenvalue weighted by molar-refractivity contribution is 7.91. The Bertz CT molecular complexity index is 441. The van der Waals surface area contributed by atoms with Crippen LogP contribution in [-0.4, -0.2) is 15.0 Å². The number of nitrogen functional groups attached to an aromatic ring is 1. The number of sulfonamides is 1. The fourth-order valence-corrected chi connectivity index (χ4v) is 3.85. The van der Waals surface area contributed by atoms with Gasteiger partial charge in [0.05, 0.1) is 0 Å². The number of hydrogen-bond donors (Lipinski definition) is 2. The predicted molar refractivity (Wildman–Crippen MR) is 77.3 cm³/mol. The molecule has 104 valence electrons. The third kappa shape index (κ3) is 5.37. The summed E-state index contributed by atoms with van der Waals surface area (Å²) >= 11 is 1.16. The van der Waals surface area contributed by atoms with Crippen molar-refractivity contribution < 1.29 is 8.42 Å². The van der Waals surface area contributed by atoms with Gasteiger partial charge in [-0.3, -0.25) is 0 Å². The van der Waals surface area contributed by atoms with Gasteiger partial charge in [-0.15, -0.1) is 11.3 Å². The van der Waals surface area contributed by atoms with E-state index >= 15 is 0 Å². The molecule has 0 atom stereocenters. The predicted octanol–water partition coefficient (Wildman–Crippen LogP) is 2.97. The molecule has 0 aromatic carbocycles. The van der Waals surface area contributed by atoms with Crippen LogP contribution in [0.4, 0.5) is 5.69 Å². The number of nitrogens with one attached hydrogen (secondary N) is 1. The Balaban J connectivity index is 2.22. The van der Waals surface area contributed by atoms with Crippen LogP contribution in [-0.2, 0) is 10.0 Å². The van der Waals surface area contributed by atoms with Gasteiger partial charge in [-0.1, -0.05) is 39.0 Å². The summed E-state index contributed by atoms with van der Waals surface area (Å²) in [6.07, 6.45) is 6.89. The minimum atomic E-state index is -3.35. The number of rotatable bonds is 9. The molecule has 0 saturated carbocycles. The standard InChI is InChI=1S/C12H22N2O2S2/c1-2-3-4-5-6-7-8-14-18(15,16)12-9-11(13)10-17-12/h9-10,14H,2-8,13H2,1H3. The van der Waals surface area contributed by atoms with Crippen molar-refractivity contribution in [2.45, 2.75) is 49.7 Å². The molecule has 18 heavy (non-hydrogen) atoms. The summed E-state index contributed by atoms with van der Waals surface area (Å²) in [6, 6.07) is 1.49. The summed E-state index contributed by atoms with van der Waals surface area (Å²) in [5.74, 6) is 0. The highest BCUT2D eigenvalue weighted by Gasteiger charge is 2.15. The minimum absolute atomic E-state index is 0.297. The molecule has 1 rings (SSSR count). The van der Waals surface area contributed by atoms with Crippen LogP contribution in [0.25, 0.3) is 0 Å². The maximum Gasteiger partial charge on any atom is 0.250 e. The number of thiophene rings is 1. The fourth-order valence-electron chi connectivity index (χ4n) is 1.65. The molecule has 1 heterocycles. The van der Waals surface area contributed by atoms with E-state index in [1.54, 1.807) is 5.38 Å². The average Bonchev–Trinajstić information content (AvgIpc) is 2.75. The summed E-state index contributed by atoms with van der Waals surface area (Å²) in [4.78, 5) is 0. The maximum atomic E-state index is 11.8. The Hall–Kier alpha value is -0.590. The van der Waals surface area contributed by atoms with Gasteiger partial charge in [0.1, 0.15) is 4.21 Å². The first-order chi connectivity index (χ1) is 8.56. The van der Waals surface area contributed by atoms with Crippen LogP contribution in [0.15, 0.2) is 15.7 Å². The van der Waals surface area contributed by atoms with Crippen molar-refractivity contribution >= 4 is 27.0 Å². The molecule has 6 heteroatoms. The first-order valence-corrected chi connectivity index (χ1v) is 8.76. The summed E-state index contributed by atoms with van der Waals surface area (Å²) < 4.78 is 26.6. The van der Waals surface area contributed by atoms with Gasteiger partial charge in [0.15, 0.2) is 0 Å². The third-order valence-electron chi connectivity index (χ3n) is 2.68. The van der Waals surface area contributed by atoms with Crippen LogP contribution in [0.2, 0.25) is 0 Å². The lowest BCUT2D eigenvalue weighted by Gasteiger charge is -2.04. The monoisotopic (exact) mass is 290 g/mol. The molecule has 0 fully saturated rings. The van der Waals surface area contributed by atoms with Gasteiger partial charge >= 0.3 is 0 Å². The Morgan fingerprint density at radius 3 is 2.50 bits per heavy atom. The molecule has 1 aromatic rings. The first kappa shape index (κ1) is 15.5. The Morgan fingerprint density at radius 1 is 1.22 bits per heavy atom. The highest BCUT2D eigenvalue weighted by atomic mass is 32.2. The van der Waals surface area contributed by atoms with E-state index in [1.165, 1.54) is 31.7 Å². The van der Waals surface area contributed by atoms with E-state index in [0.29, 0.717) is 16.4 Å². The van der Waals surface area contributed by atoms with Gasteiger partial charge in [0.2, 0.25) is 10.0 Å². The zero-order chi connectivity index (χ0) is 13.4. The van der Waals surface area contributed by atoms with E-state index in [-0.39, 0.29) is 0 Å². The molecular formula is C12H22N2O2S2. The number of hydrogen-bond acceptors (Lipinski definition) is 4. The molecule has 0 spiro atoms. The molecule has 0 radical (unpaired) electrons. The summed E-state index contributed by atoms with van der Waals surface area (Å²) in [6.45, 7) is 2.69. The second-order valence-electron chi connectivity index (χ2n) is 4.36. The Kier molecular flexibility index (Phi) is 6.67. The SMILES string of the molecule is CCCCCCCCNS(=O)(=O)c1cc(N)cs1. The first-order valence-electron chi connectivity index (χ1n) is 6.40. The molecule has 1 aromatic heterocycles. The molecule has 4 nitrogen and oxygen atoms in total.